The number of rotatable bonds is 19. The minimum Gasteiger partial charge on any atom is -0.462 e. The first kappa shape index (κ1) is 42.4. The van der Waals surface area contributed by atoms with E-state index in [0.29, 0.717) is 31.3 Å². The summed E-state index contributed by atoms with van der Waals surface area (Å²) in [6, 6.07) is 0. The summed E-state index contributed by atoms with van der Waals surface area (Å²) >= 11 is 0. The first-order valence-electron chi connectivity index (χ1n) is 20.2. The van der Waals surface area contributed by atoms with Gasteiger partial charge in [-0.2, -0.15) is 8.42 Å². The minimum atomic E-state index is -4.52. The molecular weight excluding hydrogens is 669 g/mol. The molecule has 0 bridgehead atoms. The number of carbonyl (C=O) groups excluding carboxylic acids is 2. The fraction of sp³-hybridized carbons (Fsp3) is 0.949. The third kappa shape index (κ3) is 9.68. The van der Waals surface area contributed by atoms with Crippen molar-refractivity contribution >= 4 is 22.3 Å². The molecule has 4 saturated carbocycles. The number of ether oxygens (including phenoxy) is 1. The van der Waals surface area contributed by atoms with Gasteiger partial charge in [0.25, 0.3) is 0 Å². The molecule has 0 aromatic carbocycles. The first-order valence-corrected chi connectivity index (χ1v) is 21.6. The van der Waals surface area contributed by atoms with Crippen molar-refractivity contribution in [2.45, 2.75) is 138 Å². The summed E-state index contributed by atoms with van der Waals surface area (Å²) < 4.78 is 44.3. The van der Waals surface area contributed by atoms with Crippen molar-refractivity contribution in [1.29, 1.82) is 0 Å². The highest BCUT2D eigenvalue weighted by atomic mass is 32.3. The lowest BCUT2D eigenvalue weighted by molar-refractivity contribution is -0.201. The summed E-state index contributed by atoms with van der Waals surface area (Å²) in [5, 5.41) is 10.1. The van der Waals surface area contributed by atoms with E-state index in [1.54, 1.807) is 0 Å². The topological polar surface area (TPSA) is 169 Å². The molecule has 1 amide bonds. The smallest absolute Gasteiger partial charge is 0.397 e. The van der Waals surface area contributed by atoms with Crippen LogP contribution in [0, 0.1) is 57.7 Å². The number of amides is 1. The molecule has 4 aliphatic carbocycles. The largest absolute Gasteiger partial charge is 0.462 e. The van der Waals surface area contributed by atoms with Gasteiger partial charge in [-0.25, -0.2) is 4.18 Å². The molecule has 51 heavy (non-hydrogen) atoms. The van der Waals surface area contributed by atoms with Crippen molar-refractivity contribution < 1.29 is 31.5 Å². The van der Waals surface area contributed by atoms with Crippen molar-refractivity contribution in [3.63, 3.8) is 0 Å². The Morgan fingerprint density at radius 3 is 2.18 bits per heavy atom. The molecule has 4 rings (SSSR count). The average Bonchev–Trinajstić information content (AvgIpc) is 3.32. The van der Waals surface area contributed by atoms with Gasteiger partial charge in [-0.15, -0.1) is 0 Å². The van der Waals surface area contributed by atoms with E-state index in [9.17, 15) is 22.6 Å². The maximum Gasteiger partial charge on any atom is 0.397 e. The van der Waals surface area contributed by atoms with Gasteiger partial charge in [-0.05, 0) is 130 Å². The van der Waals surface area contributed by atoms with E-state index in [0.717, 1.165) is 96.8 Å². The molecule has 0 radical (unpaired) electrons. The Morgan fingerprint density at radius 2 is 1.55 bits per heavy atom. The van der Waals surface area contributed by atoms with E-state index in [1.165, 1.54) is 6.92 Å². The monoisotopic (exact) mass is 741 g/mol. The SMILES string of the molecule is CC(=O)O[C@H]1C[C@@]2(C)C(CCC3[C@@]4(C)CC[C@@H](OS(=O)(=O)O)[C@@H](C)C4CC[C@@]32C)[C@@H]1[C@H](CCCC(C)C)C(=O)NCCCNCCNCCCN. The standard InChI is InChI=1S/C39H72N4O7S/c1-26(2)11-8-12-29(36(45)43-22-10-21-42-24-23-41-20-9-19-40)35-31-13-14-34-37(5)17-16-32(50-51(46,47)48)27(3)30(37)15-18-38(34,6)39(31,7)25-33(35)49-28(4)44/h26-27,29-35,41-42H,8-25,40H2,1-7H3,(H,43,45)(H,46,47,48)/t27-,29-,30?,31?,32+,33-,34?,35-,37-,38-,39-/m0/s1. The Morgan fingerprint density at radius 1 is 0.863 bits per heavy atom. The van der Waals surface area contributed by atoms with E-state index in [1.807, 2.05) is 0 Å². The van der Waals surface area contributed by atoms with E-state index in [4.69, 9.17) is 14.7 Å². The Bertz CT molecular complexity index is 1270. The molecule has 0 aromatic rings. The van der Waals surface area contributed by atoms with Crippen molar-refractivity contribution in [2.75, 3.05) is 39.3 Å². The molecule has 0 aliphatic heterocycles. The van der Waals surface area contributed by atoms with Crippen molar-refractivity contribution in [1.82, 2.24) is 16.0 Å². The maximum atomic E-state index is 14.3. The van der Waals surface area contributed by atoms with E-state index in [2.05, 4.69) is 57.5 Å². The highest BCUT2D eigenvalue weighted by molar-refractivity contribution is 7.80. The van der Waals surface area contributed by atoms with Crippen LogP contribution >= 0.6 is 0 Å². The molecular formula is C39H72N4O7S. The molecule has 11 nitrogen and oxygen atoms in total. The molecule has 0 aromatic heterocycles. The zero-order valence-electron chi connectivity index (χ0n) is 32.8. The lowest BCUT2D eigenvalue weighted by Crippen LogP contribution is -2.62. The molecule has 4 aliphatic rings. The van der Waals surface area contributed by atoms with Gasteiger partial charge < -0.3 is 26.4 Å². The molecule has 12 heteroatoms. The van der Waals surface area contributed by atoms with Crippen molar-refractivity contribution in [3.8, 4) is 0 Å². The minimum absolute atomic E-state index is 0.00288. The van der Waals surface area contributed by atoms with E-state index < -0.39 is 16.5 Å². The van der Waals surface area contributed by atoms with Crippen LogP contribution in [0.25, 0.3) is 0 Å². The number of fused-ring (bicyclic) bond motifs is 5. The Balaban J connectivity index is 1.52. The van der Waals surface area contributed by atoms with Crippen molar-refractivity contribution in [2.24, 2.45) is 63.4 Å². The number of nitrogens with one attached hydrogen (secondary N) is 3. The molecule has 6 N–H and O–H groups in total. The van der Waals surface area contributed by atoms with Gasteiger partial charge in [0, 0.05) is 38.4 Å². The fourth-order valence-electron chi connectivity index (χ4n) is 12.0. The average molecular weight is 741 g/mol. The third-order valence-corrected chi connectivity index (χ3v) is 15.0. The van der Waals surface area contributed by atoms with Gasteiger partial charge in [-0.1, -0.05) is 54.4 Å². The molecule has 4 fully saturated rings. The van der Waals surface area contributed by atoms with Gasteiger partial charge in [0.1, 0.15) is 6.10 Å². The normalized spacial score (nSPS) is 36.9. The highest BCUT2D eigenvalue weighted by Gasteiger charge is 2.70. The predicted octanol–water partition coefficient (Wildman–Crippen LogP) is 5.49. The quantitative estimate of drug-likeness (QED) is 0.0649. The maximum absolute atomic E-state index is 14.3. The predicted molar refractivity (Wildman–Crippen MR) is 201 cm³/mol. The third-order valence-electron chi connectivity index (χ3n) is 14.5. The number of hydrogen-bond acceptors (Lipinski definition) is 9. The van der Waals surface area contributed by atoms with Gasteiger partial charge in [-0.3, -0.25) is 14.1 Å². The fourth-order valence-corrected chi connectivity index (χ4v) is 12.6. The lowest BCUT2D eigenvalue weighted by Gasteiger charge is -2.68. The number of hydrogen-bond donors (Lipinski definition) is 5. The summed E-state index contributed by atoms with van der Waals surface area (Å²) in [6.45, 7) is 20.2. The summed E-state index contributed by atoms with van der Waals surface area (Å²) in [4.78, 5) is 26.9. The Kier molecular flexibility index (Phi) is 14.9. The summed E-state index contributed by atoms with van der Waals surface area (Å²) in [5.41, 5.74) is 5.40. The van der Waals surface area contributed by atoms with E-state index >= 15 is 0 Å². The lowest BCUT2D eigenvalue weighted by atomic mass is 9.37. The first-order chi connectivity index (χ1) is 24.0. The molecule has 0 saturated heterocycles. The molecule has 296 valence electrons. The van der Waals surface area contributed by atoms with Gasteiger partial charge in [0.2, 0.25) is 5.91 Å². The van der Waals surface area contributed by atoms with Gasteiger partial charge in [0.15, 0.2) is 0 Å². The van der Waals surface area contributed by atoms with Gasteiger partial charge >= 0.3 is 16.4 Å². The highest BCUT2D eigenvalue weighted by Crippen LogP contribution is 2.75. The van der Waals surface area contributed by atoms with Crippen LogP contribution in [0.5, 0.6) is 0 Å². The second-order valence-electron chi connectivity index (χ2n) is 17.8. The number of carbonyl (C=O) groups is 2. The Hall–Kier alpha value is -1.31. The summed E-state index contributed by atoms with van der Waals surface area (Å²) in [5.74, 6) is 1.07. The zero-order valence-corrected chi connectivity index (χ0v) is 33.6. The molecule has 0 spiro atoms. The van der Waals surface area contributed by atoms with Crippen LogP contribution in [0.1, 0.15) is 126 Å². The zero-order chi connectivity index (χ0) is 37.6. The van der Waals surface area contributed by atoms with Crippen LogP contribution in [0.4, 0.5) is 0 Å². The molecule has 3 unspecified atom stereocenters. The van der Waals surface area contributed by atoms with Crippen LogP contribution < -0.4 is 21.7 Å². The van der Waals surface area contributed by atoms with Crippen LogP contribution in [0.15, 0.2) is 0 Å². The second-order valence-corrected chi connectivity index (χ2v) is 18.9. The molecule has 11 atom stereocenters. The van der Waals surface area contributed by atoms with Crippen LogP contribution in [0.2, 0.25) is 0 Å². The van der Waals surface area contributed by atoms with Crippen LogP contribution in [-0.2, 0) is 28.9 Å². The van der Waals surface area contributed by atoms with Gasteiger partial charge in [0.05, 0.1) is 6.10 Å². The summed E-state index contributed by atoms with van der Waals surface area (Å²) in [6.07, 6.45) is 9.99. The van der Waals surface area contributed by atoms with Crippen LogP contribution in [-0.4, -0.2) is 76.3 Å². The number of nitrogens with two attached hydrogens (primary N) is 1. The van der Waals surface area contributed by atoms with E-state index in [-0.39, 0.29) is 63.8 Å². The van der Waals surface area contributed by atoms with Crippen molar-refractivity contribution in [3.05, 3.63) is 0 Å². The number of esters is 1. The summed E-state index contributed by atoms with van der Waals surface area (Å²) in [7, 11) is -4.52. The van der Waals surface area contributed by atoms with Crippen LogP contribution in [0.3, 0.4) is 0 Å². The Labute approximate surface area is 309 Å². The second kappa shape index (κ2) is 17.9. The molecule has 0 heterocycles.